The zero-order valence-corrected chi connectivity index (χ0v) is 18.2. The lowest BCUT2D eigenvalue weighted by molar-refractivity contribution is 0.0372. The molecule has 0 saturated carbocycles. The maximum atomic E-state index is 12.2. The van der Waals surface area contributed by atoms with Gasteiger partial charge in [-0.2, -0.15) is 5.10 Å². The molecule has 0 saturated heterocycles. The maximum Gasteiger partial charge on any atom is 0.355 e. The molecule has 5 rings (SSSR count). The number of nitrogens with zero attached hydrogens (tertiary/aromatic N) is 3. The first-order valence-electron chi connectivity index (χ1n) is 10.6. The predicted molar refractivity (Wildman–Crippen MR) is 127 cm³/mol. The van der Waals surface area contributed by atoms with Gasteiger partial charge in [0.1, 0.15) is 11.5 Å². The molecule has 0 aliphatic carbocycles. The minimum Gasteiger partial charge on any atom is -0.458 e. The van der Waals surface area contributed by atoms with Crippen LogP contribution in [-0.2, 0) is 4.74 Å². The van der Waals surface area contributed by atoms with Crippen molar-refractivity contribution in [2.75, 3.05) is 5.32 Å². The Kier molecular flexibility index (Phi) is 5.32. The molecule has 164 valence electrons. The lowest BCUT2D eigenvalue weighted by Gasteiger charge is -2.08. The van der Waals surface area contributed by atoms with E-state index in [1.165, 1.54) is 0 Å². The van der Waals surface area contributed by atoms with Gasteiger partial charge in [0.05, 0.1) is 12.3 Å². The van der Waals surface area contributed by atoms with E-state index in [2.05, 4.69) is 30.5 Å². The van der Waals surface area contributed by atoms with E-state index in [4.69, 9.17) is 4.74 Å². The van der Waals surface area contributed by atoms with Crippen molar-refractivity contribution < 1.29 is 9.53 Å². The van der Waals surface area contributed by atoms with Crippen LogP contribution < -0.4 is 5.32 Å². The highest BCUT2D eigenvalue weighted by molar-refractivity contribution is 5.95. The smallest absolute Gasteiger partial charge is 0.355 e. The third-order valence-corrected chi connectivity index (χ3v) is 5.09. The monoisotopic (exact) mass is 438 g/mol. The number of hydrogen-bond donors (Lipinski definition) is 3. The fourth-order valence-electron chi connectivity index (χ4n) is 3.52. The number of rotatable bonds is 6. The van der Waals surface area contributed by atoms with Gasteiger partial charge in [0.25, 0.3) is 0 Å². The standard InChI is InChI=1S/C25H22N6O2/c1-15(2)33-25(32)22-11-17-3-4-18(12-21(17)30-22)24-26-10-9-23(31-24)29-20-7-5-16(6-8-20)19-13-27-28-14-19/h3-15,30H,1-2H3,(H,27,28)(H,26,29,31). The summed E-state index contributed by atoms with van der Waals surface area (Å²) in [7, 11) is 0. The van der Waals surface area contributed by atoms with Gasteiger partial charge >= 0.3 is 5.97 Å². The Morgan fingerprint density at radius 3 is 2.58 bits per heavy atom. The quantitative estimate of drug-likeness (QED) is 0.310. The van der Waals surface area contributed by atoms with Gasteiger partial charge in [-0.25, -0.2) is 14.8 Å². The number of esters is 1. The van der Waals surface area contributed by atoms with Crippen LogP contribution in [0.4, 0.5) is 11.5 Å². The predicted octanol–water partition coefficient (Wildman–Crippen LogP) is 5.32. The highest BCUT2D eigenvalue weighted by Gasteiger charge is 2.13. The molecule has 0 unspecified atom stereocenters. The van der Waals surface area contributed by atoms with Crippen LogP contribution in [0.1, 0.15) is 24.3 Å². The molecule has 0 spiro atoms. The first kappa shape index (κ1) is 20.4. The number of aromatic amines is 2. The molecule has 0 amide bonds. The summed E-state index contributed by atoms with van der Waals surface area (Å²) in [5, 5.41) is 11.0. The van der Waals surface area contributed by atoms with Gasteiger partial charge in [-0.1, -0.05) is 24.3 Å². The Morgan fingerprint density at radius 2 is 1.82 bits per heavy atom. The molecular formula is C25H22N6O2. The summed E-state index contributed by atoms with van der Waals surface area (Å²) in [6.45, 7) is 3.65. The molecule has 0 fully saturated rings. The van der Waals surface area contributed by atoms with Crippen molar-refractivity contribution in [1.82, 2.24) is 25.1 Å². The summed E-state index contributed by atoms with van der Waals surface area (Å²) in [6.07, 6.45) is 5.19. The van der Waals surface area contributed by atoms with E-state index in [0.29, 0.717) is 17.3 Å². The summed E-state index contributed by atoms with van der Waals surface area (Å²) >= 11 is 0. The Balaban J connectivity index is 1.36. The molecule has 3 heterocycles. The number of hydrogen-bond acceptors (Lipinski definition) is 6. The lowest BCUT2D eigenvalue weighted by Crippen LogP contribution is -2.11. The molecule has 0 bridgehead atoms. The SMILES string of the molecule is CC(C)OC(=O)c1cc2ccc(-c3nccc(Nc4ccc(-c5cn[nH]c5)cc4)n3)cc2[nH]1. The second kappa shape index (κ2) is 8.58. The Morgan fingerprint density at radius 1 is 1.00 bits per heavy atom. The number of H-pyrrole nitrogens is 2. The highest BCUT2D eigenvalue weighted by Crippen LogP contribution is 2.25. The third-order valence-electron chi connectivity index (χ3n) is 5.09. The summed E-state index contributed by atoms with van der Waals surface area (Å²) < 4.78 is 5.27. The summed E-state index contributed by atoms with van der Waals surface area (Å²) in [4.78, 5) is 24.4. The van der Waals surface area contributed by atoms with Crippen LogP contribution in [-0.4, -0.2) is 37.2 Å². The van der Waals surface area contributed by atoms with Gasteiger partial charge < -0.3 is 15.0 Å². The van der Waals surface area contributed by atoms with E-state index in [0.717, 1.165) is 33.3 Å². The van der Waals surface area contributed by atoms with E-state index >= 15 is 0 Å². The van der Waals surface area contributed by atoms with Crippen LogP contribution in [0.5, 0.6) is 0 Å². The minimum absolute atomic E-state index is 0.176. The van der Waals surface area contributed by atoms with Crippen LogP contribution in [0, 0.1) is 0 Å². The normalized spacial score (nSPS) is 11.1. The molecule has 0 atom stereocenters. The number of benzene rings is 2. The molecule has 5 aromatic rings. The molecule has 0 aliphatic rings. The van der Waals surface area contributed by atoms with Gasteiger partial charge in [-0.3, -0.25) is 5.10 Å². The Labute approximate surface area is 190 Å². The van der Waals surface area contributed by atoms with Gasteiger partial charge in [0, 0.05) is 40.1 Å². The molecular weight excluding hydrogens is 416 g/mol. The molecule has 8 heteroatoms. The van der Waals surface area contributed by atoms with Crippen molar-refractivity contribution in [3.63, 3.8) is 0 Å². The zero-order chi connectivity index (χ0) is 22.8. The number of ether oxygens (including phenoxy) is 1. The third kappa shape index (κ3) is 4.45. The van der Waals surface area contributed by atoms with Gasteiger partial charge in [0.2, 0.25) is 0 Å². The number of anilines is 2. The van der Waals surface area contributed by atoms with Gasteiger partial charge in [-0.05, 0) is 49.7 Å². The van der Waals surface area contributed by atoms with Crippen molar-refractivity contribution in [2.24, 2.45) is 0 Å². The lowest BCUT2D eigenvalue weighted by atomic mass is 10.1. The van der Waals surface area contributed by atoms with E-state index in [1.807, 2.05) is 68.6 Å². The fraction of sp³-hybridized carbons (Fsp3) is 0.120. The van der Waals surface area contributed by atoms with E-state index in [-0.39, 0.29) is 12.1 Å². The van der Waals surface area contributed by atoms with Crippen molar-refractivity contribution in [2.45, 2.75) is 20.0 Å². The van der Waals surface area contributed by atoms with Crippen LogP contribution in [0.15, 0.2) is 73.2 Å². The molecule has 8 nitrogen and oxygen atoms in total. The first-order valence-corrected chi connectivity index (χ1v) is 10.6. The van der Waals surface area contributed by atoms with Crippen molar-refractivity contribution in [3.05, 3.63) is 78.9 Å². The average Bonchev–Trinajstić information content (AvgIpc) is 3.49. The van der Waals surface area contributed by atoms with E-state index < -0.39 is 0 Å². The topological polar surface area (TPSA) is 109 Å². The number of aromatic nitrogens is 5. The molecule has 0 aliphatic heterocycles. The fourth-order valence-corrected chi connectivity index (χ4v) is 3.52. The minimum atomic E-state index is -0.371. The number of carbonyl (C=O) groups excluding carboxylic acids is 1. The molecule has 3 N–H and O–H groups in total. The first-order chi connectivity index (χ1) is 16.0. The van der Waals surface area contributed by atoms with Crippen molar-refractivity contribution >= 4 is 28.4 Å². The number of nitrogens with one attached hydrogen (secondary N) is 3. The van der Waals surface area contributed by atoms with Crippen molar-refractivity contribution in [1.29, 1.82) is 0 Å². The zero-order valence-electron chi connectivity index (χ0n) is 18.2. The summed E-state index contributed by atoms with van der Waals surface area (Å²) in [6, 6.07) is 17.4. The second-order valence-corrected chi connectivity index (χ2v) is 7.89. The molecule has 33 heavy (non-hydrogen) atoms. The summed E-state index contributed by atoms with van der Waals surface area (Å²) in [5.74, 6) is 0.894. The molecule has 3 aromatic heterocycles. The van der Waals surface area contributed by atoms with Gasteiger partial charge in [0.15, 0.2) is 5.82 Å². The summed E-state index contributed by atoms with van der Waals surface area (Å²) in [5.41, 5.74) is 5.11. The van der Waals surface area contributed by atoms with Crippen LogP contribution in [0.3, 0.4) is 0 Å². The Bertz CT molecular complexity index is 1400. The van der Waals surface area contributed by atoms with E-state index in [9.17, 15) is 4.79 Å². The number of carbonyl (C=O) groups is 1. The van der Waals surface area contributed by atoms with Crippen LogP contribution in [0.2, 0.25) is 0 Å². The average molecular weight is 438 g/mol. The van der Waals surface area contributed by atoms with Gasteiger partial charge in [-0.15, -0.1) is 0 Å². The van der Waals surface area contributed by atoms with Crippen molar-refractivity contribution in [3.8, 4) is 22.5 Å². The maximum absolute atomic E-state index is 12.2. The Hall–Kier alpha value is -4.46. The molecule has 0 radical (unpaired) electrons. The highest BCUT2D eigenvalue weighted by atomic mass is 16.5. The van der Waals surface area contributed by atoms with Crippen LogP contribution in [0.25, 0.3) is 33.4 Å². The molecule has 2 aromatic carbocycles. The largest absolute Gasteiger partial charge is 0.458 e. The van der Waals surface area contributed by atoms with Crippen LogP contribution >= 0.6 is 0 Å². The van der Waals surface area contributed by atoms with E-state index in [1.54, 1.807) is 18.5 Å². The number of fused-ring (bicyclic) bond motifs is 1. The second-order valence-electron chi connectivity index (χ2n) is 7.89.